The molecule has 0 saturated carbocycles. The van der Waals surface area contributed by atoms with Gasteiger partial charge in [0.05, 0.1) is 0 Å². The Balaban J connectivity index is 2.01. The highest BCUT2D eigenvalue weighted by Crippen LogP contribution is 2.11. The molecule has 0 saturated heterocycles. The number of nitrogens with one attached hydrogen (secondary N) is 1. The van der Waals surface area contributed by atoms with Crippen LogP contribution in [-0.4, -0.2) is 32.6 Å². The fourth-order valence-corrected chi connectivity index (χ4v) is 1.60. The van der Waals surface area contributed by atoms with Gasteiger partial charge < -0.3 is 10.4 Å². The van der Waals surface area contributed by atoms with E-state index in [-0.39, 0.29) is 12.3 Å². The van der Waals surface area contributed by atoms with E-state index in [0.717, 1.165) is 5.52 Å². The van der Waals surface area contributed by atoms with E-state index in [1.807, 2.05) is 19.1 Å². The topological polar surface area (TPSA) is 88.0 Å². The van der Waals surface area contributed by atoms with Crippen molar-refractivity contribution in [3.05, 3.63) is 24.5 Å². The maximum absolute atomic E-state index is 10.5. The van der Waals surface area contributed by atoms with Crippen molar-refractivity contribution in [2.45, 2.75) is 13.3 Å². The summed E-state index contributed by atoms with van der Waals surface area (Å²) in [7, 11) is 0. The van der Waals surface area contributed by atoms with E-state index in [0.29, 0.717) is 18.0 Å². The van der Waals surface area contributed by atoms with Crippen LogP contribution in [0, 0.1) is 5.92 Å². The van der Waals surface area contributed by atoms with Gasteiger partial charge in [0, 0.05) is 25.4 Å². The zero-order chi connectivity index (χ0) is 13.0. The molecule has 94 valence electrons. The number of pyridine rings is 1. The van der Waals surface area contributed by atoms with E-state index >= 15 is 0 Å². The fourth-order valence-electron chi connectivity index (χ4n) is 1.60. The summed E-state index contributed by atoms with van der Waals surface area (Å²) in [5.74, 6) is -0.0660. The van der Waals surface area contributed by atoms with Crippen LogP contribution in [0.1, 0.15) is 13.3 Å². The second kappa shape index (κ2) is 5.39. The molecule has 6 heteroatoms. The Morgan fingerprint density at radius 1 is 1.39 bits per heavy atom. The number of carbonyl (C=O) groups is 1. The van der Waals surface area contributed by atoms with Gasteiger partial charge >= 0.3 is 5.97 Å². The summed E-state index contributed by atoms with van der Waals surface area (Å²) in [6, 6.07) is 3.64. The van der Waals surface area contributed by atoms with E-state index < -0.39 is 5.97 Å². The standard InChI is InChI=1S/C12H14N4O2/c1-8(6-11(17)18)7-15-10-3-2-9-12(16-10)14-5-4-13-9/h2-5,8H,6-7H2,1H3,(H,17,18)(H,14,15,16). The Labute approximate surface area is 104 Å². The number of anilines is 1. The summed E-state index contributed by atoms with van der Waals surface area (Å²) in [5.41, 5.74) is 1.31. The SMILES string of the molecule is CC(CNc1ccc2nccnc2n1)CC(=O)O. The molecule has 0 radical (unpaired) electrons. The van der Waals surface area contributed by atoms with Gasteiger partial charge in [0.15, 0.2) is 5.65 Å². The maximum atomic E-state index is 10.5. The lowest BCUT2D eigenvalue weighted by atomic mass is 10.1. The van der Waals surface area contributed by atoms with Crippen LogP contribution >= 0.6 is 0 Å². The summed E-state index contributed by atoms with van der Waals surface area (Å²) < 4.78 is 0. The lowest BCUT2D eigenvalue weighted by Gasteiger charge is -2.10. The van der Waals surface area contributed by atoms with Crippen LogP contribution < -0.4 is 5.32 Å². The number of carboxylic acid groups (broad SMARTS) is 1. The molecule has 2 N–H and O–H groups in total. The van der Waals surface area contributed by atoms with Crippen molar-refractivity contribution in [1.82, 2.24) is 15.0 Å². The van der Waals surface area contributed by atoms with Gasteiger partial charge in [-0.25, -0.2) is 9.97 Å². The Bertz CT molecular complexity index is 559. The fraction of sp³-hybridized carbons (Fsp3) is 0.333. The molecule has 1 atom stereocenters. The Morgan fingerprint density at radius 2 is 2.17 bits per heavy atom. The monoisotopic (exact) mass is 246 g/mol. The molecule has 0 spiro atoms. The number of aliphatic carboxylic acids is 1. The van der Waals surface area contributed by atoms with E-state index in [1.165, 1.54) is 0 Å². The zero-order valence-electron chi connectivity index (χ0n) is 10.00. The molecule has 0 bridgehead atoms. The van der Waals surface area contributed by atoms with Gasteiger partial charge in [0.2, 0.25) is 0 Å². The van der Waals surface area contributed by atoms with Crippen molar-refractivity contribution in [1.29, 1.82) is 0 Å². The predicted octanol–water partition coefficient (Wildman–Crippen LogP) is 1.55. The second-order valence-corrected chi connectivity index (χ2v) is 4.18. The molecular formula is C12H14N4O2. The highest BCUT2D eigenvalue weighted by atomic mass is 16.4. The Hall–Kier alpha value is -2.24. The van der Waals surface area contributed by atoms with Crippen LogP contribution in [-0.2, 0) is 4.79 Å². The molecule has 2 aromatic heterocycles. The molecule has 18 heavy (non-hydrogen) atoms. The molecular weight excluding hydrogens is 232 g/mol. The number of carboxylic acids is 1. The quantitative estimate of drug-likeness (QED) is 0.832. The van der Waals surface area contributed by atoms with Gasteiger partial charge in [-0.15, -0.1) is 0 Å². The number of hydrogen-bond acceptors (Lipinski definition) is 5. The minimum Gasteiger partial charge on any atom is -0.481 e. The number of nitrogens with zero attached hydrogens (tertiary/aromatic N) is 3. The van der Waals surface area contributed by atoms with Crippen LogP contribution in [0.4, 0.5) is 5.82 Å². The molecule has 0 aliphatic carbocycles. The molecule has 0 aliphatic rings. The highest BCUT2D eigenvalue weighted by molar-refractivity contribution is 5.71. The molecule has 6 nitrogen and oxygen atoms in total. The summed E-state index contributed by atoms with van der Waals surface area (Å²) in [4.78, 5) is 23.1. The lowest BCUT2D eigenvalue weighted by Crippen LogP contribution is -2.15. The zero-order valence-corrected chi connectivity index (χ0v) is 10.00. The summed E-state index contributed by atoms with van der Waals surface area (Å²) in [5, 5.41) is 11.8. The minimum atomic E-state index is -0.790. The van der Waals surface area contributed by atoms with E-state index in [1.54, 1.807) is 12.4 Å². The van der Waals surface area contributed by atoms with Gasteiger partial charge in [-0.1, -0.05) is 6.92 Å². The van der Waals surface area contributed by atoms with Gasteiger partial charge in [0.25, 0.3) is 0 Å². The first-order valence-corrected chi connectivity index (χ1v) is 5.68. The smallest absolute Gasteiger partial charge is 0.303 e. The number of aromatic nitrogens is 3. The first-order chi connectivity index (χ1) is 8.65. The predicted molar refractivity (Wildman–Crippen MR) is 67.2 cm³/mol. The van der Waals surface area contributed by atoms with Crippen LogP contribution in [0.25, 0.3) is 11.2 Å². The van der Waals surface area contributed by atoms with Crippen molar-refractivity contribution in [3.8, 4) is 0 Å². The second-order valence-electron chi connectivity index (χ2n) is 4.18. The summed E-state index contributed by atoms with van der Waals surface area (Å²) >= 11 is 0. The van der Waals surface area contributed by atoms with Gasteiger partial charge in [-0.2, -0.15) is 0 Å². The molecule has 2 heterocycles. The van der Waals surface area contributed by atoms with Crippen molar-refractivity contribution in [2.75, 3.05) is 11.9 Å². The van der Waals surface area contributed by atoms with Crippen molar-refractivity contribution >= 4 is 23.0 Å². The van der Waals surface area contributed by atoms with Crippen molar-refractivity contribution in [3.63, 3.8) is 0 Å². The van der Waals surface area contributed by atoms with Gasteiger partial charge in [-0.3, -0.25) is 9.78 Å². The average molecular weight is 246 g/mol. The van der Waals surface area contributed by atoms with Crippen molar-refractivity contribution in [2.24, 2.45) is 5.92 Å². The third-order valence-electron chi connectivity index (χ3n) is 2.49. The van der Waals surface area contributed by atoms with E-state index in [4.69, 9.17) is 5.11 Å². The molecule has 1 unspecified atom stereocenters. The van der Waals surface area contributed by atoms with Crippen LogP contribution in [0.5, 0.6) is 0 Å². The van der Waals surface area contributed by atoms with Crippen molar-refractivity contribution < 1.29 is 9.90 Å². The third kappa shape index (κ3) is 3.13. The number of rotatable bonds is 5. The third-order valence-corrected chi connectivity index (χ3v) is 2.49. The van der Waals surface area contributed by atoms with Crippen LogP contribution in [0.2, 0.25) is 0 Å². The highest BCUT2D eigenvalue weighted by Gasteiger charge is 2.07. The first kappa shape index (κ1) is 12.2. The van der Waals surface area contributed by atoms with Gasteiger partial charge in [0.1, 0.15) is 11.3 Å². The number of hydrogen-bond donors (Lipinski definition) is 2. The normalized spacial score (nSPS) is 12.3. The number of fused-ring (bicyclic) bond motifs is 1. The summed E-state index contributed by atoms with van der Waals surface area (Å²) in [6.07, 6.45) is 3.35. The summed E-state index contributed by atoms with van der Waals surface area (Å²) in [6.45, 7) is 2.44. The molecule has 0 amide bonds. The van der Waals surface area contributed by atoms with E-state index in [9.17, 15) is 4.79 Å². The molecule has 0 aliphatic heterocycles. The van der Waals surface area contributed by atoms with Crippen LogP contribution in [0.15, 0.2) is 24.5 Å². The molecule has 2 aromatic rings. The maximum Gasteiger partial charge on any atom is 0.303 e. The first-order valence-electron chi connectivity index (χ1n) is 5.68. The van der Waals surface area contributed by atoms with E-state index in [2.05, 4.69) is 20.3 Å². The average Bonchev–Trinajstić information content (AvgIpc) is 2.35. The molecule has 2 rings (SSSR count). The lowest BCUT2D eigenvalue weighted by molar-refractivity contribution is -0.137. The Morgan fingerprint density at radius 3 is 2.94 bits per heavy atom. The van der Waals surface area contributed by atoms with Crippen LogP contribution in [0.3, 0.4) is 0 Å². The minimum absolute atomic E-state index is 0.0434. The molecule has 0 fully saturated rings. The van der Waals surface area contributed by atoms with Gasteiger partial charge in [-0.05, 0) is 18.1 Å². The molecule has 0 aromatic carbocycles. The Kier molecular flexibility index (Phi) is 3.66. The largest absolute Gasteiger partial charge is 0.481 e.